The molecule has 0 radical (unpaired) electrons. The second kappa shape index (κ2) is 5.11. The molecule has 7 heteroatoms. The summed E-state index contributed by atoms with van der Waals surface area (Å²) in [6, 6.07) is 0. The molecule has 19 heavy (non-hydrogen) atoms. The first-order valence-electron chi connectivity index (χ1n) is 6.14. The number of hydrogen-bond acceptors (Lipinski definition) is 5. The van der Waals surface area contributed by atoms with Gasteiger partial charge in [0.1, 0.15) is 27.3 Å². The molecule has 0 bridgehead atoms. The monoisotopic (exact) mass is 291 g/mol. The smallest absolute Gasteiger partial charge is 0.408 e. The lowest BCUT2D eigenvalue weighted by Gasteiger charge is -2.27. The van der Waals surface area contributed by atoms with Crippen molar-refractivity contribution in [1.82, 2.24) is 5.32 Å². The lowest BCUT2D eigenvalue weighted by molar-refractivity contribution is -0.113. The van der Waals surface area contributed by atoms with Crippen molar-refractivity contribution in [3.63, 3.8) is 0 Å². The Hall–Kier alpha value is -1.11. The van der Waals surface area contributed by atoms with Gasteiger partial charge in [0.25, 0.3) is 0 Å². The number of carbonyl (C=O) groups excluding carboxylic acids is 2. The molecule has 0 aliphatic heterocycles. The summed E-state index contributed by atoms with van der Waals surface area (Å²) in [7, 11) is -3.21. The van der Waals surface area contributed by atoms with Crippen LogP contribution in [0.4, 0.5) is 4.79 Å². The van der Waals surface area contributed by atoms with Crippen molar-refractivity contribution in [1.29, 1.82) is 0 Å². The van der Waals surface area contributed by atoms with Crippen LogP contribution < -0.4 is 5.32 Å². The van der Waals surface area contributed by atoms with Crippen molar-refractivity contribution < 1.29 is 22.7 Å². The quantitative estimate of drug-likeness (QED) is 0.785. The van der Waals surface area contributed by atoms with Gasteiger partial charge >= 0.3 is 6.09 Å². The number of sulfone groups is 1. The van der Waals surface area contributed by atoms with Crippen molar-refractivity contribution in [2.45, 2.75) is 56.4 Å². The molecular formula is C12H21NO5S. The maximum absolute atomic E-state index is 11.7. The SMILES string of the molecule is CC(C)(C)OC(=O)N[C@@]1(C=O)CC[C@H](S(C)(=O)=O)C1. The molecule has 1 saturated carbocycles. The molecule has 0 unspecified atom stereocenters. The van der Waals surface area contributed by atoms with E-state index in [-0.39, 0.29) is 6.42 Å². The summed E-state index contributed by atoms with van der Waals surface area (Å²) in [6.07, 6.45) is 1.84. The third-order valence-electron chi connectivity index (χ3n) is 3.09. The van der Waals surface area contributed by atoms with Gasteiger partial charge in [-0.2, -0.15) is 0 Å². The van der Waals surface area contributed by atoms with E-state index in [1.54, 1.807) is 20.8 Å². The van der Waals surface area contributed by atoms with E-state index >= 15 is 0 Å². The zero-order valence-electron chi connectivity index (χ0n) is 11.7. The van der Waals surface area contributed by atoms with Crippen molar-refractivity contribution in [3.8, 4) is 0 Å². The molecule has 0 aromatic carbocycles. The van der Waals surface area contributed by atoms with E-state index in [0.717, 1.165) is 6.26 Å². The lowest BCUT2D eigenvalue weighted by atomic mass is 10.0. The topological polar surface area (TPSA) is 89.5 Å². The molecule has 2 atom stereocenters. The molecule has 6 nitrogen and oxygen atoms in total. The average Bonchev–Trinajstić information content (AvgIpc) is 2.59. The van der Waals surface area contributed by atoms with Gasteiger partial charge in [-0.15, -0.1) is 0 Å². The molecule has 0 aromatic heterocycles. The van der Waals surface area contributed by atoms with Crippen LogP contribution in [0.25, 0.3) is 0 Å². The van der Waals surface area contributed by atoms with Crippen LogP contribution in [-0.2, 0) is 19.4 Å². The predicted octanol–water partition coefficient (Wildman–Crippen LogP) is 1.05. The van der Waals surface area contributed by atoms with Gasteiger partial charge < -0.3 is 14.8 Å². The van der Waals surface area contributed by atoms with E-state index in [9.17, 15) is 18.0 Å². The van der Waals surface area contributed by atoms with Crippen LogP contribution >= 0.6 is 0 Å². The highest BCUT2D eigenvalue weighted by atomic mass is 32.2. The first-order valence-corrected chi connectivity index (χ1v) is 8.09. The van der Waals surface area contributed by atoms with Crippen LogP contribution in [0.15, 0.2) is 0 Å². The number of hydrogen-bond donors (Lipinski definition) is 1. The number of alkyl carbamates (subject to hydrolysis) is 1. The molecule has 0 spiro atoms. The van der Waals surface area contributed by atoms with Crippen LogP contribution in [0, 0.1) is 0 Å². The molecule has 0 saturated heterocycles. The Labute approximate surface area is 113 Å². The summed E-state index contributed by atoms with van der Waals surface area (Å²) in [5.41, 5.74) is -1.79. The Bertz CT molecular complexity index is 465. The van der Waals surface area contributed by atoms with Crippen LogP contribution in [0.5, 0.6) is 0 Å². The molecule has 1 aliphatic rings. The fourth-order valence-corrected chi connectivity index (χ4v) is 3.30. The second-order valence-electron chi connectivity index (χ2n) is 6.10. The lowest BCUT2D eigenvalue weighted by Crippen LogP contribution is -2.50. The van der Waals surface area contributed by atoms with Crippen molar-refractivity contribution in [2.75, 3.05) is 6.26 Å². The maximum atomic E-state index is 11.7. The fourth-order valence-electron chi connectivity index (χ4n) is 2.15. The Kier molecular flexibility index (Phi) is 4.29. The predicted molar refractivity (Wildman–Crippen MR) is 70.6 cm³/mol. The van der Waals surface area contributed by atoms with Crippen LogP contribution in [0.1, 0.15) is 40.0 Å². The largest absolute Gasteiger partial charge is 0.444 e. The van der Waals surface area contributed by atoms with Crippen LogP contribution in [0.3, 0.4) is 0 Å². The number of ether oxygens (including phenoxy) is 1. The Morgan fingerprint density at radius 1 is 1.42 bits per heavy atom. The van der Waals surface area contributed by atoms with Crippen molar-refractivity contribution >= 4 is 22.2 Å². The zero-order chi connectivity index (χ0) is 14.9. The number of nitrogens with one attached hydrogen (secondary N) is 1. The molecular weight excluding hydrogens is 270 g/mol. The van der Waals surface area contributed by atoms with E-state index in [1.807, 2.05) is 0 Å². The molecule has 0 aromatic rings. The van der Waals surface area contributed by atoms with E-state index in [0.29, 0.717) is 19.1 Å². The highest BCUT2D eigenvalue weighted by Gasteiger charge is 2.44. The molecule has 1 fully saturated rings. The van der Waals surface area contributed by atoms with E-state index in [2.05, 4.69) is 5.32 Å². The van der Waals surface area contributed by atoms with Gasteiger partial charge in [0.15, 0.2) is 0 Å². The number of amides is 1. The van der Waals surface area contributed by atoms with Crippen molar-refractivity contribution in [3.05, 3.63) is 0 Å². The maximum Gasteiger partial charge on any atom is 0.408 e. The third-order valence-corrected chi connectivity index (χ3v) is 4.70. The van der Waals surface area contributed by atoms with E-state index in [1.165, 1.54) is 0 Å². The molecule has 1 N–H and O–H groups in total. The Morgan fingerprint density at radius 2 is 2.00 bits per heavy atom. The Morgan fingerprint density at radius 3 is 2.37 bits per heavy atom. The summed E-state index contributed by atoms with van der Waals surface area (Å²) in [4.78, 5) is 22.9. The van der Waals surface area contributed by atoms with Crippen LogP contribution in [0.2, 0.25) is 0 Å². The van der Waals surface area contributed by atoms with Gasteiger partial charge in [-0.1, -0.05) is 0 Å². The minimum atomic E-state index is -3.21. The normalized spacial score (nSPS) is 27.9. The van der Waals surface area contributed by atoms with E-state index < -0.39 is 32.3 Å². The summed E-state index contributed by atoms with van der Waals surface area (Å²) in [6.45, 7) is 5.15. The van der Waals surface area contributed by atoms with E-state index in [4.69, 9.17) is 4.74 Å². The van der Waals surface area contributed by atoms with Crippen LogP contribution in [-0.4, -0.2) is 43.4 Å². The fraction of sp³-hybridized carbons (Fsp3) is 0.833. The molecule has 1 amide bonds. The molecule has 0 heterocycles. The molecule has 110 valence electrons. The summed E-state index contributed by atoms with van der Waals surface area (Å²) in [5, 5.41) is 1.92. The highest BCUT2D eigenvalue weighted by molar-refractivity contribution is 7.91. The van der Waals surface area contributed by atoms with Gasteiger partial charge in [-0.25, -0.2) is 13.2 Å². The summed E-state index contributed by atoms with van der Waals surface area (Å²) >= 11 is 0. The summed E-state index contributed by atoms with van der Waals surface area (Å²) in [5.74, 6) is 0. The molecule has 1 aliphatic carbocycles. The van der Waals surface area contributed by atoms with Gasteiger partial charge in [-0.3, -0.25) is 0 Å². The average molecular weight is 291 g/mol. The third kappa shape index (κ3) is 4.49. The minimum absolute atomic E-state index is 0.106. The van der Waals surface area contributed by atoms with Crippen molar-refractivity contribution in [2.24, 2.45) is 0 Å². The van der Waals surface area contributed by atoms with Gasteiger partial charge in [0.2, 0.25) is 0 Å². The first-order chi connectivity index (χ1) is 8.47. The Balaban J connectivity index is 2.75. The number of rotatable bonds is 3. The standard InChI is InChI=1S/C12H21NO5S/c1-11(2,3)18-10(15)13-12(8-14)6-5-9(7-12)19(4,16)17/h8-9H,5-7H2,1-4H3,(H,13,15)/t9-,12-/m0/s1. The minimum Gasteiger partial charge on any atom is -0.444 e. The molecule has 1 rings (SSSR count). The summed E-state index contributed by atoms with van der Waals surface area (Å²) < 4.78 is 28.1. The van der Waals surface area contributed by atoms with Gasteiger partial charge in [0, 0.05) is 6.26 Å². The van der Waals surface area contributed by atoms with Gasteiger partial charge in [0.05, 0.1) is 5.25 Å². The zero-order valence-corrected chi connectivity index (χ0v) is 12.5. The van der Waals surface area contributed by atoms with Gasteiger partial charge in [-0.05, 0) is 40.0 Å². The number of carbonyl (C=O) groups is 2. The highest BCUT2D eigenvalue weighted by Crippen LogP contribution is 2.32. The number of aldehydes is 1. The second-order valence-corrected chi connectivity index (χ2v) is 8.42. The first kappa shape index (κ1) is 15.9.